The van der Waals surface area contributed by atoms with Gasteiger partial charge in [-0.1, -0.05) is 23.7 Å². The van der Waals surface area contributed by atoms with Crippen LogP contribution in [0.2, 0.25) is 5.02 Å². The zero-order chi connectivity index (χ0) is 20.8. The maximum Gasteiger partial charge on any atom is 0.312 e. The molecule has 0 N–H and O–H groups in total. The Kier molecular flexibility index (Phi) is 6.90. The molecule has 3 aromatic rings. The number of thiazole rings is 1. The predicted molar refractivity (Wildman–Crippen MR) is 108 cm³/mol. The highest BCUT2D eigenvalue weighted by Gasteiger charge is 2.17. The van der Waals surface area contributed by atoms with E-state index in [0.717, 1.165) is 5.69 Å². The summed E-state index contributed by atoms with van der Waals surface area (Å²) < 4.78 is 18.9. The van der Waals surface area contributed by atoms with Crippen LogP contribution < -0.4 is 0 Å². The van der Waals surface area contributed by atoms with Crippen molar-refractivity contribution in [2.75, 3.05) is 13.7 Å². The Morgan fingerprint density at radius 3 is 2.79 bits per heavy atom. The molecule has 2 aromatic heterocycles. The molecule has 0 fully saturated rings. The van der Waals surface area contributed by atoms with E-state index in [1.807, 2.05) is 18.2 Å². The van der Waals surface area contributed by atoms with Crippen molar-refractivity contribution in [3.05, 3.63) is 70.1 Å². The Morgan fingerprint density at radius 2 is 2.07 bits per heavy atom. The van der Waals surface area contributed by atoms with Crippen molar-refractivity contribution < 1.29 is 18.7 Å². The van der Waals surface area contributed by atoms with Crippen molar-refractivity contribution >= 4 is 34.8 Å². The highest BCUT2D eigenvalue weighted by atomic mass is 35.5. The fraction of sp³-hybridized carbons (Fsp3) is 0.200. The number of pyridine rings is 1. The minimum Gasteiger partial charge on any atom is -0.455 e. The van der Waals surface area contributed by atoms with E-state index in [1.54, 1.807) is 17.6 Å². The Labute approximate surface area is 175 Å². The Hall–Kier alpha value is -2.84. The lowest BCUT2D eigenvalue weighted by Gasteiger charge is -2.18. The summed E-state index contributed by atoms with van der Waals surface area (Å²) in [4.78, 5) is 34.0. The number of hydrogen-bond donors (Lipinski definition) is 0. The van der Waals surface area contributed by atoms with Gasteiger partial charge in [0.2, 0.25) is 0 Å². The van der Waals surface area contributed by atoms with Crippen LogP contribution in [-0.2, 0) is 27.3 Å². The second kappa shape index (κ2) is 9.58. The molecule has 150 valence electrons. The van der Waals surface area contributed by atoms with E-state index >= 15 is 0 Å². The normalized spacial score (nSPS) is 10.6. The number of carbonyl (C=O) groups excluding carboxylic acids is 2. The summed E-state index contributed by atoms with van der Waals surface area (Å²) in [6.45, 7) is -0.472. The molecule has 0 bridgehead atoms. The lowest BCUT2D eigenvalue weighted by atomic mass is 10.2. The van der Waals surface area contributed by atoms with Gasteiger partial charge in [0.1, 0.15) is 10.8 Å². The average molecular weight is 434 g/mol. The Balaban J connectivity index is 1.50. The number of esters is 1. The van der Waals surface area contributed by atoms with Gasteiger partial charge in [-0.2, -0.15) is 0 Å². The molecule has 3 rings (SSSR count). The number of nitrogens with zero attached hydrogens (tertiary/aromatic N) is 3. The summed E-state index contributed by atoms with van der Waals surface area (Å²) in [7, 11) is 1.48. The number of hydrogen-bond acceptors (Lipinski definition) is 6. The molecule has 0 unspecified atom stereocenters. The van der Waals surface area contributed by atoms with Crippen LogP contribution >= 0.6 is 22.9 Å². The highest BCUT2D eigenvalue weighted by molar-refractivity contribution is 7.13. The Bertz CT molecular complexity index is 993. The third kappa shape index (κ3) is 5.58. The van der Waals surface area contributed by atoms with Crippen molar-refractivity contribution in [1.82, 2.24) is 14.9 Å². The number of carbonyl (C=O) groups is 2. The summed E-state index contributed by atoms with van der Waals surface area (Å²) in [5.41, 5.74) is 1.47. The second-order valence-electron chi connectivity index (χ2n) is 6.15. The molecule has 29 heavy (non-hydrogen) atoms. The smallest absolute Gasteiger partial charge is 0.312 e. The topological polar surface area (TPSA) is 72.4 Å². The van der Waals surface area contributed by atoms with Crippen LogP contribution in [0.3, 0.4) is 0 Å². The lowest BCUT2D eigenvalue weighted by molar-refractivity contribution is -0.151. The minimum absolute atomic E-state index is 0.0264. The first kappa shape index (κ1) is 20.9. The second-order valence-corrected chi connectivity index (χ2v) is 7.41. The molecule has 0 aliphatic carbocycles. The molecule has 1 amide bonds. The molecule has 1 aromatic carbocycles. The van der Waals surface area contributed by atoms with Crippen LogP contribution in [0.5, 0.6) is 0 Å². The van der Waals surface area contributed by atoms with Gasteiger partial charge in [-0.25, -0.2) is 9.37 Å². The van der Waals surface area contributed by atoms with Gasteiger partial charge in [0.15, 0.2) is 6.61 Å². The van der Waals surface area contributed by atoms with E-state index in [4.69, 9.17) is 16.3 Å². The number of aromatic nitrogens is 2. The number of likely N-dealkylation sites (N-methyl/N-ethyl adjacent to an activating group) is 1. The summed E-state index contributed by atoms with van der Waals surface area (Å²) in [5.74, 6) is -1.54. The van der Waals surface area contributed by atoms with Gasteiger partial charge in [0.25, 0.3) is 5.91 Å². The standard InChI is InChI=1S/C20H17ClFN3O3S/c1-25(10-14-15(21)5-4-6-16(14)22)18(26)11-28-19(27)9-13-12-29-20(24-13)17-7-2-3-8-23-17/h2-8,12H,9-11H2,1H3. The first-order valence-corrected chi connectivity index (χ1v) is 9.88. The maximum atomic E-state index is 13.8. The molecule has 0 radical (unpaired) electrons. The average Bonchev–Trinajstić information content (AvgIpc) is 3.18. The number of halogens is 2. The van der Waals surface area contributed by atoms with E-state index < -0.39 is 24.3 Å². The summed E-state index contributed by atoms with van der Waals surface area (Å²) in [6, 6.07) is 9.80. The number of benzene rings is 1. The van der Waals surface area contributed by atoms with E-state index in [2.05, 4.69) is 9.97 Å². The zero-order valence-electron chi connectivity index (χ0n) is 15.5. The van der Waals surface area contributed by atoms with Gasteiger partial charge in [-0.05, 0) is 24.3 Å². The van der Waals surface area contributed by atoms with Crippen LogP contribution in [0.25, 0.3) is 10.7 Å². The number of rotatable bonds is 7. The molecule has 0 aliphatic rings. The van der Waals surface area contributed by atoms with Crippen LogP contribution in [0, 0.1) is 5.82 Å². The van der Waals surface area contributed by atoms with Gasteiger partial charge in [-0.3, -0.25) is 14.6 Å². The van der Waals surface area contributed by atoms with Crippen molar-refractivity contribution in [1.29, 1.82) is 0 Å². The van der Waals surface area contributed by atoms with Gasteiger partial charge in [0, 0.05) is 35.8 Å². The first-order chi connectivity index (χ1) is 13.9. The van der Waals surface area contributed by atoms with Crippen molar-refractivity contribution in [3.8, 4) is 10.7 Å². The van der Waals surface area contributed by atoms with Crippen LogP contribution in [0.15, 0.2) is 48.0 Å². The van der Waals surface area contributed by atoms with Crippen molar-refractivity contribution in [2.24, 2.45) is 0 Å². The fourth-order valence-corrected chi connectivity index (χ4v) is 3.47. The van der Waals surface area contributed by atoms with Gasteiger partial charge >= 0.3 is 5.97 Å². The molecule has 2 heterocycles. The van der Waals surface area contributed by atoms with Crippen LogP contribution in [0.1, 0.15) is 11.3 Å². The van der Waals surface area contributed by atoms with E-state index in [0.29, 0.717) is 10.7 Å². The largest absolute Gasteiger partial charge is 0.455 e. The first-order valence-electron chi connectivity index (χ1n) is 8.62. The van der Waals surface area contributed by atoms with Crippen molar-refractivity contribution in [2.45, 2.75) is 13.0 Å². The van der Waals surface area contributed by atoms with E-state index in [1.165, 1.54) is 35.4 Å². The van der Waals surface area contributed by atoms with Crippen LogP contribution in [-0.4, -0.2) is 40.4 Å². The van der Waals surface area contributed by atoms with Crippen molar-refractivity contribution in [3.63, 3.8) is 0 Å². The zero-order valence-corrected chi connectivity index (χ0v) is 17.0. The lowest BCUT2D eigenvalue weighted by Crippen LogP contribution is -2.31. The quantitative estimate of drug-likeness (QED) is 0.531. The minimum atomic E-state index is -0.575. The molecule has 6 nitrogen and oxygen atoms in total. The molecule has 0 aliphatic heterocycles. The SMILES string of the molecule is CN(Cc1c(F)cccc1Cl)C(=O)COC(=O)Cc1csc(-c2ccccn2)n1. The monoisotopic (exact) mass is 433 g/mol. The van der Waals surface area contributed by atoms with Crippen LogP contribution in [0.4, 0.5) is 4.39 Å². The molecule has 9 heteroatoms. The highest BCUT2D eigenvalue weighted by Crippen LogP contribution is 2.22. The van der Waals surface area contributed by atoms with E-state index in [9.17, 15) is 14.0 Å². The van der Waals surface area contributed by atoms with Gasteiger partial charge in [0.05, 0.1) is 17.8 Å². The summed E-state index contributed by atoms with van der Waals surface area (Å²) in [6.07, 6.45) is 1.61. The molecule has 0 atom stereocenters. The molecular weight excluding hydrogens is 417 g/mol. The summed E-state index contributed by atoms with van der Waals surface area (Å²) in [5, 5.41) is 2.68. The van der Waals surface area contributed by atoms with Gasteiger partial charge < -0.3 is 9.64 Å². The number of amides is 1. The summed E-state index contributed by atoms with van der Waals surface area (Å²) >= 11 is 7.34. The molecule has 0 spiro atoms. The molecule has 0 saturated carbocycles. The van der Waals surface area contributed by atoms with E-state index in [-0.39, 0.29) is 23.6 Å². The predicted octanol–water partition coefficient (Wildman–Crippen LogP) is 3.74. The third-order valence-electron chi connectivity index (χ3n) is 4.00. The fourth-order valence-electron chi connectivity index (χ4n) is 2.46. The molecular formula is C20H17ClFN3O3S. The molecule has 0 saturated heterocycles. The maximum absolute atomic E-state index is 13.8. The van der Waals surface area contributed by atoms with Gasteiger partial charge in [-0.15, -0.1) is 11.3 Å². The third-order valence-corrected chi connectivity index (χ3v) is 5.27. The number of ether oxygens (including phenoxy) is 1. The Morgan fingerprint density at radius 1 is 1.24 bits per heavy atom.